The molecule has 0 saturated carbocycles. The third-order valence-corrected chi connectivity index (χ3v) is 6.58. The maximum atomic E-state index is 12.6. The Morgan fingerprint density at radius 3 is 1.35 bits per heavy atom. The lowest BCUT2D eigenvalue weighted by molar-refractivity contribution is 0.103. The Morgan fingerprint density at radius 2 is 1.03 bits per heavy atom. The maximum Gasteiger partial charge on any atom is 0.185 e. The van der Waals surface area contributed by atoms with E-state index < -0.39 is 0 Å². The summed E-state index contributed by atoms with van der Waals surface area (Å²) in [5.74, 6) is -0.251. The van der Waals surface area contributed by atoms with Crippen LogP contribution in [0.5, 0.6) is 0 Å². The van der Waals surface area contributed by atoms with Crippen molar-refractivity contribution in [1.29, 1.82) is 0 Å². The number of carbonyl (C=O) groups is 2. The van der Waals surface area contributed by atoms with Gasteiger partial charge in [0.2, 0.25) is 0 Å². The van der Waals surface area contributed by atoms with Gasteiger partial charge in [0, 0.05) is 61.8 Å². The van der Waals surface area contributed by atoms with Gasteiger partial charge in [0.25, 0.3) is 0 Å². The maximum absolute atomic E-state index is 12.6. The summed E-state index contributed by atoms with van der Waals surface area (Å²) in [6.45, 7) is 0. The molecule has 0 unspecified atom stereocenters. The smallest absolute Gasteiger partial charge is 0.185 e. The molecule has 4 nitrogen and oxygen atoms in total. The fraction of sp³-hybridized carbons (Fsp3) is 0.286. The summed E-state index contributed by atoms with van der Waals surface area (Å²) in [6, 6.07) is 6.70. The number of carbonyl (C=O) groups excluding carboxylic acids is 2. The summed E-state index contributed by atoms with van der Waals surface area (Å²) in [5, 5.41) is 1.43. The second kappa shape index (κ2) is 11.5. The molecule has 2 aliphatic carbocycles. The molecule has 0 amide bonds. The SMILES string of the molecule is CN(C)/C=C1/CCC(/C=C/C(=O)c2ccc(C(=O)/C=C/C3=C(Cl)C(=C\N(C)C)/CC3)cc2)=C1Cl. The van der Waals surface area contributed by atoms with Gasteiger partial charge in [0.1, 0.15) is 0 Å². The van der Waals surface area contributed by atoms with Gasteiger partial charge >= 0.3 is 0 Å². The highest BCUT2D eigenvalue weighted by Crippen LogP contribution is 2.36. The number of halogens is 2. The highest BCUT2D eigenvalue weighted by molar-refractivity contribution is 6.33. The number of ketones is 2. The summed E-state index contributed by atoms with van der Waals surface area (Å²) in [4.78, 5) is 29.1. The minimum atomic E-state index is -0.125. The Morgan fingerprint density at radius 1 is 0.676 bits per heavy atom. The molecule has 0 bridgehead atoms. The summed E-state index contributed by atoms with van der Waals surface area (Å²) < 4.78 is 0. The third kappa shape index (κ3) is 6.62. The summed E-state index contributed by atoms with van der Waals surface area (Å²) in [5.41, 5.74) is 5.13. The van der Waals surface area contributed by atoms with Gasteiger partial charge in [0.05, 0.1) is 0 Å². The largest absolute Gasteiger partial charge is 0.383 e. The first-order valence-electron chi connectivity index (χ1n) is 11.2. The number of benzene rings is 1. The van der Waals surface area contributed by atoms with E-state index in [-0.39, 0.29) is 11.6 Å². The van der Waals surface area contributed by atoms with Crippen LogP contribution >= 0.6 is 23.2 Å². The third-order valence-electron chi connectivity index (χ3n) is 5.61. The molecule has 0 aromatic heterocycles. The molecular formula is C28H30Cl2N2O2. The molecule has 0 N–H and O–H groups in total. The van der Waals surface area contributed by atoms with Crippen LogP contribution in [0.4, 0.5) is 0 Å². The number of rotatable bonds is 8. The van der Waals surface area contributed by atoms with Gasteiger partial charge in [-0.15, -0.1) is 0 Å². The predicted molar refractivity (Wildman–Crippen MR) is 141 cm³/mol. The molecule has 3 rings (SSSR count). The van der Waals surface area contributed by atoms with Gasteiger partial charge in [-0.1, -0.05) is 59.6 Å². The van der Waals surface area contributed by atoms with Gasteiger partial charge in [0.15, 0.2) is 11.6 Å². The van der Waals surface area contributed by atoms with Crippen molar-refractivity contribution >= 4 is 34.8 Å². The molecule has 178 valence electrons. The Balaban J connectivity index is 1.65. The van der Waals surface area contributed by atoms with E-state index in [9.17, 15) is 9.59 Å². The minimum Gasteiger partial charge on any atom is -0.383 e. The topological polar surface area (TPSA) is 40.6 Å². The quantitative estimate of drug-likeness (QED) is 0.299. The minimum absolute atomic E-state index is 0.125. The molecule has 0 fully saturated rings. The lowest BCUT2D eigenvalue weighted by atomic mass is 10.0. The molecule has 2 aliphatic rings. The van der Waals surface area contributed by atoms with Gasteiger partial charge < -0.3 is 9.80 Å². The van der Waals surface area contributed by atoms with Crippen LogP contribution in [0.15, 0.2) is 93.3 Å². The van der Waals surface area contributed by atoms with Crippen LogP contribution in [0.3, 0.4) is 0 Å². The highest BCUT2D eigenvalue weighted by Gasteiger charge is 2.18. The fourth-order valence-corrected chi connectivity index (χ4v) is 4.51. The van der Waals surface area contributed by atoms with E-state index in [1.807, 2.05) is 50.4 Å². The zero-order valence-electron chi connectivity index (χ0n) is 20.1. The summed E-state index contributed by atoms with van der Waals surface area (Å²) in [6.07, 6.45) is 14.0. The van der Waals surface area contributed by atoms with Gasteiger partial charge in [-0.3, -0.25) is 9.59 Å². The van der Waals surface area contributed by atoms with Crippen LogP contribution in [-0.4, -0.2) is 49.6 Å². The molecular weight excluding hydrogens is 467 g/mol. The van der Waals surface area contributed by atoms with E-state index in [0.29, 0.717) is 21.2 Å². The van der Waals surface area contributed by atoms with E-state index in [0.717, 1.165) is 48.0 Å². The molecule has 0 radical (unpaired) electrons. The second-order valence-corrected chi connectivity index (χ2v) is 9.64. The van der Waals surface area contributed by atoms with Crippen molar-refractivity contribution in [2.45, 2.75) is 25.7 Å². The van der Waals surface area contributed by atoms with E-state index in [1.165, 1.54) is 0 Å². The zero-order chi connectivity index (χ0) is 24.8. The summed E-state index contributed by atoms with van der Waals surface area (Å²) >= 11 is 12.9. The Hall–Kier alpha value is -2.82. The van der Waals surface area contributed by atoms with Crippen LogP contribution in [-0.2, 0) is 0 Å². The average molecular weight is 497 g/mol. The Kier molecular flexibility index (Phi) is 8.76. The van der Waals surface area contributed by atoms with Crippen molar-refractivity contribution < 1.29 is 9.59 Å². The molecule has 0 saturated heterocycles. The first kappa shape index (κ1) is 25.8. The normalized spacial score (nSPS) is 18.9. The lowest BCUT2D eigenvalue weighted by Crippen LogP contribution is -2.02. The van der Waals surface area contributed by atoms with Crippen LogP contribution in [0.2, 0.25) is 0 Å². The van der Waals surface area contributed by atoms with Crippen LogP contribution in [0.25, 0.3) is 0 Å². The predicted octanol–water partition coefficient (Wildman–Crippen LogP) is 6.63. The van der Waals surface area contributed by atoms with E-state index >= 15 is 0 Å². The lowest BCUT2D eigenvalue weighted by Gasteiger charge is -2.06. The zero-order valence-corrected chi connectivity index (χ0v) is 21.6. The Bertz CT molecular complexity index is 1060. The Labute approximate surface area is 212 Å². The monoisotopic (exact) mass is 496 g/mol. The molecule has 6 heteroatoms. The van der Waals surface area contributed by atoms with Gasteiger partial charge in [-0.05, 0) is 60.1 Å². The van der Waals surface area contributed by atoms with E-state index in [2.05, 4.69) is 0 Å². The number of hydrogen-bond donors (Lipinski definition) is 0. The summed E-state index contributed by atoms with van der Waals surface area (Å²) in [7, 11) is 7.83. The molecule has 34 heavy (non-hydrogen) atoms. The van der Waals surface area contributed by atoms with Crippen molar-refractivity contribution in [3.63, 3.8) is 0 Å². The second-order valence-electron chi connectivity index (χ2n) is 8.89. The average Bonchev–Trinajstić information content (AvgIpc) is 3.31. The molecule has 1 aromatic carbocycles. The van der Waals surface area contributed by atoms with Crippen LogP contribution in [0, 0.1) is 0 Å². The molecule has 0 spiro atoms. The van der Waals surface area contributed by atoms with Crippen LogP contribution in [0.1, 0.15) is 46.4 Å². The number of hydrogen-bond acceptors (Lipinski definition) is 4. The fourth-order valence-electron chi connectivity index (χ4n) is 3.91. The van der Waals surface area contributed by atoms with Crippen molar-refractivity contribution in [1.82, 2.24) is 9.80 Å². The van der Waals surface area contributed by atoms with Crippen LogP contribution < -0.4 is 0 Å². The van der Waals surface area contributed by atoms with Gasteiger partial charge in [-0.2, -0.15) is 0 Å². The molecule has 0 aliphatic heterocycles. The van der Waals surface area contributed by atoms with Crippen molar-refractivity contribution in [2.24, 2.45) is 0 Å². The van der Waals surface area contributed by atoms with Crippen molar-refractivity contribution in [2.75, 3.05) is 28.2 Å². The molecule has 0 atom stereocenters. The standard InChI is InChI=1S/C28H30Cl2N2O2/c1-31(2)17-23-11-9-21(27(23)29)13-15-25(33)19-5-7-20(8-6-19)26(34)16-14-22-10-12-24(28(22)30)18-32(3)4/h5-8,13-18H,9-12H2,1-4H3/b15-13+,16-14+,23-17-,24-18-. The highest BCUT2D eigenvalue weighted by atomic mass is 35.5. The van der Waals surface area contributed by atoms with E-state index in [4.69, 9.17) is 23.2 Å². The first-order valence-corrected chi connectivity index (χ1v) is 12.0. The number of allylic oxidation sites excluding steroid dienone is 10. The van der Waals surface area contributed by atoms with Crippen molar-refractivity contribution in [3.8, 4) is 0 Å². The number of nitrogens with zero attached hydrogens (tertiary/aromatic N) is 2. The van der Waals surface area contributed by atoms with Crippen molar-refractivity contribution in [3.05, 3.63) is 104 Å². The molecule has 1 aromatic rings. The first-order chi connectivity index (χ1) is 16.2. The van der Waals surface area contributed by atoms with E-state index in [1.54, 1.807) is 48.6 Å². The van der Waals surface area contributed by atoms with Gasteiger partial charge in [-0.25, -0.2) is 0 Å². The molecule has 0 heterocycles.